The van der Waals surface area contributed by atoms with Crippen LogP contribution >= 0.6 is 0 Å². The predicted octanol–water partition coefficient (Wildman–Crippen LogP) is 2.67. The van der Waals surface area contributed by atoms with E-state index in [1.165, 1.54) is 5.56 Å². The summed E-state index contributed by atoms with van der Waals surface area (Å²) in [6.45, 7) is 8.02. The Balaban J connectivity index is 1.96. The van der Waals surface area contributed by atoms with Crippen molar-refractivity contribution in [1.29, 1.82) is 0 Å². The van der Waals surface area contributed by atoms with Gasteiger partial charge in [-0.05, 0) is 51.3 Å². The van der Waals surface area contributed by atoms with Gasteiger partial charge in [0, 0.05) is 19.1 Å². The third kappa shape index (κ3) is 5.52. The maximum atomic E-state index is 11.8. The highest BCUT2D eigenvalue weighted by Crippen LogP contribution is 2.21. The van der Waals surface area contributed by atoms with Crippen molar-refractivity contribution in [2.75, 3.05) is 13.2 Å². The van der Waals surface area contributed by atoms with Crippen molar-refractivity contribution < 1.29 is 14.6 Å². The minimum absolute atomic E-state index is 0.207. The number of aliphatic hydroxyl groups is 1. The number of alkyl carbamates (subject to hydrolysis) is 1. The molecule has 1 fully saturated rings. The minimum atomic E-state index is -0.493. The lowest BCUT2D eigenvalue weighted by molar-refractivity contribution is 0.0523. The number of hydrogen-bond acceptors (Lipinski definition) is 4. The maximum Gasteiger partial charge on any atom is 0.407 e. The molecule has 0 saturated carbocycles. The first kappa shape index (κ1) is 17.8. The summed E-state index contributed by atoms with van der Waals surface area (Å²) in [6, 6.07) is 8.34. The second kappa shape index (κ2) is 7.79. The second-order valence-electron chi connectivity index (χ2n) is 7.07. The highest BCUT2D eigenvalue weighted by molar-refractivity contribution is 5.67. The van der Waals surface area contributed by atoms with Crippen molar-refractivity contribution in [2.24, 2.45) is 0 Å². The molecule has 23 heavy (non-hydrogen) atoms. The summed E-state index contributed by atoms with van der Waals surface area (Å²) in [5.41, 5.74) is 1.78. The minimum Gasteiger partial charge on any atom is -0.444 e. The van der Waals surface area contributed by atoms with Gasteiger partial charge in [0.15, 0.2) is 0 Å². The average molecular weight is 320 g/mol. The van der Waals surface area contributed by atoms with E-state index in [2.05, 4.69) is 16.3 Å². The lowest BCUT2D eigenvalue weighted by Gasteiger charge is -2.24. The van der Waals surface area contributed by atoms with E-state index in [-0.39, 0.29) is 12.6 Å². The van der Waals surface area contributed by atoms with E-state index in [0.717, 1.165) is 31.5 Å². The van der Waals surface area contributed by atoms with Gasteiger partial charge in [0.05, 0.1) is 6.61 Å². The van der Waals surface area contributed by atoms with Crippen LogP contribution in [0.5, 0.6) is 0 Å². The van der Waals surface area contributed by atoms with Crippen LogP contribution in [0.15, 0.2) is 24.3 Å². The Labute approximate surface area is 138 Å². The summed E-state index contributed by atoms with van der Waals surface area (Å²) in [5.74, 6) is 0. The number of carbonyl (C=O) groups is 1. The summed E-state index contributed by atoms with van der Waals surface area (Å²) in [5, 5.41) is 12.3. The fraction of sp³-hybridized carbons (Fsp3) is 0.611. The number of nitrogens with one attached hydrogen (secondary N) is 1. The molecular formula is C18H28N2O3. The molecule has 0 radical (unpaired) electrons. The first-order chi connectivity index (χ1) is 10.9. The first-order valence-electron chi connectivity index (χ1n) is 8.27. The summed E-state index contributed by atoms with van der Waals surface area (Å²) in [7, 11) is 0. The van der Waals surface area contributed by atoms with Crippen molar-refractivity contribution >= 4 is 6.09 Å². The standard InChI is InChI=1S/C18H28N2O3/c1-18(2,3)23-17(22)19-11-14-7-4-5-8-15(14)12-20-10-6-9-16(20)13-21/h4-5,7-8,16,21H,6,9-13H2,1-3H3,(H,19,22). The number of nitrogens with zero attached hydrogens (tertiary/aromatic N) is 1. The Morgan fingerprint density at radius 1 is 1.35 bits per heavy atom. The molecule has 0 spiro atoms. The fourth-order valence-electron chi connectivity index (χ4n) is 2.89. The normalized spacial score (nSPS) is 18.9. The molecular weight excluding hydrogens is 292 g/mol. The summed E-state index contributed by atoms with van der Waals surface area (Å²) < 4.78 is 5.27. The molecule has 128 valence electrons. The van der Waals surface area contributed by atoms with Crippen molar-refractivity contribution in [3.8, 4) is 0 Å². The number of rotatable bonds is 5. The SMILES string of the molecule is CC(C)(C)OC(=O)NCc1ccccc1CN1CCCC1CO. The van der Waals surface area contributed by atoms with E-state index >= 15 is 0 Å². The smallest absolute Gasteiger partial charge is 0.407 e. The van der Waals surface area contributed by atoms with E-state index in [4.69, 9.17) is 4.74 Å². The van der Waals surface area contributed by atoms with Crippen molar-refractivity contribution in [3.63, 3.8) is 0 Å². The predicted molar refractivity (Wildman–Crippen MR) is 90.0 cm³/mol. The Morgan fingerprint density at radius 3 is 2.70 bits per heavy atom. The van der Waals surface area contributed by atoms with E-state index < -0.39 is 11.7 Å². The third-order valence-corrected chi connectivity index (χ3v) is 4.02. The second-order valence-corrected chi connectivity index (χ2v) is 7.07. The highest BCUT2D eigenvalue weighted by Gasteiger charge is 2.24. The van der Waals surface area contributed by atoms with E-state index in [9.17, 15) is 9.90 Å². The van der Waals surface area contributed by atoms with Gasteiger partial charge in [-0.1, -0.05) is 24.3 Å². The van der Waals surface area contributed by atoms with Gasteiger partial charge < -0.3 is 15.2 Å². The van der Waals surface area contributed by atoms with E-state index in [1.54, 1.807) is 0 Å². The molecule has 2 rings (SSSR count). The van der Waals surface area contributed by atoms with Gasteiger partial charge >= 0.3 is 6.09 Å². The number of amides is 1. The summed E-state index contributed by atoms with van der Waals surface area (Å²) in [4.78, 5) is 14.1. The number of hydrogen-bond donors (Lipinski definition) is 2. The topological polar surface area (TPSA) is 61.8 Å². The largest absolute Gasteiger partial charge is 0.444 e. The number of ether oxygens (including phenoxy) is 1. The van der Waals surface area contributed by atoms with Gasteiger partial charge in [-0.25, -0.2) is 4.79 Å². The van der Waals surface area contributed by atoms with Crippen molar-refractivity contribution in [3.05, 3.63) is 35.4 Å². The van der Waals surface area contributed by atoms with Crippen LogP contribution < -0.4 is 5.32 Å². The summed E-state index contributed by atoms with van der Waals surface area (Å²) in [6.07, 6.45) is 1.78. The molecule has 0 bridgehead atoms. The van der Waals surface area contributed by atoms with Crippen molar-refractivity contribution in [2.45, 2.75) is 58.3 Å². The molecule has 1 aliphatic rings. The maximum absolute atomic E-state index is 11.8. The Hall–Kier alpha value is -1.59. The zero-order valence-electron chi connectivity index (χ0n) is 14.3. The lowest BCUT2D eigenvalue weighted by Crippen LogP contribution is -2.33. The van der Waals surface area contributed by atoms with Gasteiger partial charge in [-0.2, -0.15) is 0 Å². The van der Waals surface area contributed by atoms with Gasteiger partial charge in [-0.15, -0.1) is 0 Å². The van der Waals surface area contributed by atoms with Crippen molar-refractivity contribution in [1.82, 2.24) is 10.2 Å². The molecule has 1 aliphatic heterocycles. The number of aliphatic hydroxyl groups excluding tert-OH is 1. The molecule has 1 saturated heterocycles. The Kier molecular flexibility index (Phi) is 6.02. The molecule has 0 aromatic heterocycles. The highest BCUT2D eigenvalue weighted by atomic mass is 16.6. The van der Waals surface area contributed by atoms with Crippen LogP contribution in [0.4, 0.5) is 4.79 Å². The number of likely N-dealkylation sites (tertiary alicyclic amines) is 1. The number of carbonyl (C=O) groups excluding carboxylic acids is 1. The molecule has 5 heteroatoms. The van der Waals surface area contributed by atoms with Crippen LogP contribution in [0.2, 0.25) is 0 Å². The molecule has 1 amide bonds. The van der Waals surface area contributed by atoms with Crippen LogP contribution in [-0.4, -0.2) is 40.9 Å². The average Bonchev–Trinajstić information content (AvgIpc) is 2.92. The third-order valence-electron chi connectivity index (χ3n) is 4.02. The fourth-order valence-corrected chi connectivity index (χ4v) is 2.89. The van der Waals surface area contributed by atoms with Gasteiger partial charge in [0.1, 0.15) is 5.60 Å². The van der Waals surface area contributed by atoms with Crippen LogP contribution in [0.25, 0.3) is 0 Å². The molecule has 1 atom stereocenters. The molecule has 1 aromatic carbocycles. The van der Waals surface area contributed by atoms with Gasteiger partial charge in [-0.3, -0.25) is 4.90 Å². The monoisotopic (exact) mass is 320 g/mol. The van der Waals surface area contributed by atoms with Gasteiger partial charge in [0.2, 0.25) is 0 Å². The van der Waals surface area contributed by atoms with Crippen LogP contribution in [-0.2, 0) is 17.8 Å². The molecule has 2 N–H and O–H groups in total. The summed E-state index contributed by atoms with van der Waals surface area (Å²) >= 11 is 0. The quantitative estimate of drug-likeness (QED) is 0.875. The zero-order valence-corrected chi connectivity index (χ0v) is 14.3. The van der Waals surface area contributed by atoms with Crippen LogP contribution in [0, 0.1) is 0 Å². The molecule has 1 aromatic rings. The zero-order chi connectivity index (χ0) is 16.9. The first-order valence-corrected chi connectivity index (χ1v) is 8.27. The molecule has 0 aliphatic carbocycles. The lowest BCUT2D eigenvalue weighted by atomic mass is 10.1. The number of benzene rings is 1. The van der Waals surface area contributed by atoms with Crippen LogP contribution in [0.3, 0.4) is 0 Å². The van der Waals surface area contributed by atoms with Crippen LogP contribution in [0.1, 0.15) is 44.7 Å². The Morgan fingerprint density at radius 2 is 2.04 bits per heavy atom. The van der Waals surface area contributed by atoms with E-state index in [1.807, 2.05) is 39.0 Å². The Bertz CT molecular complexity index is 525. The molecule has 5 nitrogen and oxygen atoms in total. The van der Waals surface area contributed by atoms with Gasteiger partial charge in [0.25, 0.3) is 0 Å². The van der Waals surface area contributed by atoms with E-state index in [0.29, 0.717) is 6.54 Å². The molecule has 1 heterocycles. The molecule has 1 unspecified atom stereocenters.